The molecule has 2 heterocycles. The van der Waals surface area contributed by atoms with Gasteiger partial charge in [-0.1, -0.05) is 0 Å². The van der Waals surface area contributed by atoms with Gasteiger partial charge in [-0.25, -0.2) is 0 Å². The highest BCUT2D eigenvalue weighted by Crippen LogP contribution is 2.40. The molecular weight excluding hydrogens is 310 g/mol. The van der Waals surface area contributed by atoms with Crippen LogP contribution in [0.4, 0.5) is 0 Å². The van der Waals surface area contributed by atoms with Gasteiger partial charge in [-0.15, -0.1) is 0 Å². The van der Waals surface area contributed by atoms with E-state index in [9.17, 15) is 4.79 Å². The first kappa shape index (κ1) is 16.9. The van der Waals surface area contributed by atoms with Gasteiger partial charge in [-0.3, -0.25) is 9.69 Å². The third kappa shape index (κ3) is 3.27. The zero-order valence-electron chi connectivity index (χ0n) is 14.4. The predicted octanol–water partition coefficient (Wildman–Crippen LogP) is 0.895. The quantitative estimate of drug-likeness (QED) is 0.833. The number of piperazine rings is 1. The van der Waals surface area contributed by atoms with Crippen molar-refractivity contribution < 1.29 is 19.0 Å². The number of hydrogen-bond acceptors (Lipinski definition) is 6. The molecule has 7 heteroatoms. The summed E-state index contributed by atoms with van der Waals surface area (Å²) in [4.78, 5) is 13.8. The fraction of sp³-hybridized carbons (Fsp3) is 0.588. The molecule has 2 saturated heterocycles. The van der Waals surface area contributed by atoms with Gasteiger partial charge in [0, 0.05) is 32.1 Å². The maximum atomic E-state index is 11.5. The third-order valence-corrected chi connectivity index (χ3v) is 4.71. The average molecular weight is 335 g/mol. The summed E-state index contributed by atoms with van der Waals surface area (Å²) in [5.74, 6) is 2.04. The molecule has 0 aromatic heterocycles. The Kier molecular flexibility index (Phi) is 5.11. The Morgan fingerprint density at radius 2 is 1.83 bits per heavy atom. The maximum absolute atomic E-state index is 11.5. The number of amides is 1. The van der Waals surface area contributed by atoms with Gasteiger partial charge in [0.25, 0.3) is 0 Å². The molecule has 24 heavy (non-hydrogen) atoms. The van der Waals surface area contributed by atoms with E-state index in [0.717, 1.165) is 31.6 Å². The number of nitrogens with zero attached hydrogens (tertiary/aromatic N) is 1. The molecule has 2 fully saturated rings. The molecule has 3 rings (SSSR count). The topological polar surface area (TPSA) is 72.1 Å². The molecule has 132 valence electrons. The van der Waals surface area contributed by atoms with Gasteiger partial charge >= 0.3 is 0 Å². The van der Waals surface area contributed by atoms with Crippen molar-refractivity contribution in [2.75, 3.05) is 41.0 Å². The SMILES string of the molecule is COc1cc(C2CN(C3CCC(=O)N3)CCN2)cc(OC)c1OC. The van der Waals surface area contributed by atoms with Crippen LogP contribution in [0.1, 0.15) is 24.4 Å². The Balaban J connectivity index is 1.81. The molecule has 0 aliphatic carbocycles. The molecule has 0 saturated carbocycles. The highest BCUT2D eigenvalue weighted by Gasteiger charge is 2.31. The summed E-state index contributed by atoms with van der Waals surface area (Å²) >= 11 is 0. The maximum Gasteiger partial charge on any atom is 0.221 e. The first-order valence-corrected chi connectivity index (χ1v) is 8.23. The highest BCUT2D eigenvalue weighted by atomic mass is 16.5. The van der Waals surface area contributed by atoms with Gasteiger partial charge in [0.05, 0.1) is 27.5 Å². The van der Waals surface area contributed by atoms with Gasteiger partial charge in [-0.2, -0.15) is 0 Å². The number of hydrogen-bond donors (Lipinski definition) is 2. The van der Waals surface area contributed by atoms with Crippen LogP contribution in [0.25, 0.3) is 0 Å². The number of carbonyl (C=O) groups excluding carboxylic acids is 1. The molecule has 1 amide bonds. The minimum Gasteiger partial charge on any atom is -0.493 e. The molecule has 7 nitrogen and oxygen atoms in total. The first-order chi connectivity index (χ1) is 11.7. The second-order valence-electron chi connectivity index (χ2n) is 6.08. The summed E-state index contributed by atoms with van der Waals surface area (Å²) in [5, 5.41) is 6.58. The number of benzene rings is 1. The number of ether oxygens (including phenoxy) is 3. The van der Waals surface area contributed by atoms with Gasteiger partial charge in [-0.05, 0) is 24.1 Å². The summed E-state index contributed by atoms with van der Waals surface area (Å²) in [5.41, 5.74) is 1.08. The van der Waals surface area contributed by atoms with Crippen LogP contribution >= 0.6 is 0 Å². The lowest BCUT2D eigenvalue weighted by Gasteiger charge is -2.37. The summed E-state index contributed by atoms with van der Waals surface area (Å²) < 4.78 is 16.3. The number of rotatable bonds is 5. The molecular formula is C17H25N3O4. The van der Waals surface area contributed by atoms with Crippen LogP contribution in [-0.2, 0) is 4.79 Å². The van der Waals surface area contributed by atoms with Gasteiger partial charge in [0.1, 0.15) is 0 Å². The van der Waals surface area contributed by atoms with E-state index in [0.29, 0.717) is 23.7 Å². The van der Waals surface area contributed by atoms with Crippen LogP contribution in [0.15, 0.2) is 12.1 Å². The zero-order chi connectivity index (χ0) is 17.1. The summed E-state index contributed by atoms with van der Waals surface area (Å²) in [7, 11) is 4.84. The van der Waals surface area contributed by atoms with Crippen molar-refractivity contribution in [3.8, 4) is 17.2 Å². The lowest BCUT2D eigenvalue weighted by molar-refractivity contribution is -0.119. The van der Waals surface area contributed by atoms with Crippen LogP contribution < -0.4 is 24.8 Å². The van der Waals surface area contributed by atoms with Crippen molar-refractivity contribution in [1.82, 2.24) is 15.5 Å². The zero-order valence-corrected chi connectivity index (χ0v) is 14.4. The monoisotopic (exact) mass is 335 g/mol. The first-order valence-electron chi connectivity index (χ1n) is 8.23. The molecule has 0 spiro atoms. The molecule has 2 unspecified atom stereocenters. The predicted molar refractivity (Wildman–Crippen MR) is 89.6 cm³/mol. The van der Waals surface area contributed by atoms with E-state index in [-0.39, 0.29) is 18.1 Å². The van der Waals surface area contributed by atoms with Crippen molar-refractivity contribution in [2.24, 2.45) is 0 Å². The van der Waals surface area contributed by atoms with E-state index in [1.54, 1.807) is 21.3 Å². The minimum absolute atomic E-state index is 0.142. The lowest BCUT2D eigenvalue weighted by atomic mass is 10.0. The fourth-order valence-electron chi connectivity index (χ4n) is 3.45. The van der Waals surface area contributed by atoms with E-state index >= 15 is 0 Å². The van der Waals surface area contributed by atoms with Gasteiger partial charge < -0.3 is 24.8 Å². The van der Waals surface area contributed by atoms with Crippen LogP contribution in [0.3, 0.4) is 0 Å². The van der Waals surface area contributed by atoms with E-state index < -0.39 is 0 Å². The van der Waals surface area contributed by atoms with Crippen molar-refractivity contribution in [1.29, 1.82) is 0 Å². The second-order valence-corrected chi connectivity index (χ2v) is 6.08. The van der Waals surface area contributed by atoms with E-state index in [1.807, 2.05) is 12.1 Å². The molecule has 2 aliphatic rings. The van der Waals surface area contributed by atoms with E-state index in [1.165, 1.54) is 0 Å². The van der Waals surface area contributed by atoms with Crippen molar-refractivity contribution in [2.45, 2.75) is 25.0 Å². The Morgan fingerprint density at radius 1 is 1.12 bits per heavy atom. The lowest BCUT2D eigenvalue weighted by Crippen LogP contribution is -2.53. The molecule has 2 atom stereocenters. The van der Waals surface area contributed by atoms with Crippen LogP contribution in [0.5, 0.6) is 17.2 Å². The Hall–Kier alpha value is -1.99. The van der Waals surface area contributed by atoms with E-state index in [4.69, 9.17) is 14.2 Å². The third-order valence-electron chi connectivity index (χ3n) is 4.71. The average Bonchev–Trinajstić information content (AvgIpc) is 3.07. The Bertz CT molecular complexity index is 582. The molecule has 1 aromatic rings. The molecule has 1 aromatic carbocycles. The smallest absolute Gasteiger partial charge is 0.221 e. The number of carbonyl (C=O) groups is 1. The largest absolute Gasteiger partial charge is 0.493 e. The van der Waals surface area contributed by atoms with Crippen LogP contribution in [-0.4, -0.2) is 57.9 Å². The Morgan fingerprint density at radius 3 is 2.38 bits per heavy atom. The van der Waals surface area contributed by atoms with Crippen LogP contribution in [0, 0.1) is 0 Å². The fourth-order valence-corrected chi connectivity index (χ4v) is 3.45. The summed E-state index contributed by atoms with van der Waals surface area (Å²) in [6, 6.07) is 4.11. The molecule has 2 aliphatic heterocycles. The Labute approximate surface area is 142 Å². The number of methoxy groups -OCH3 is 3. The van der Waals surface area contributed by atoms with Crippen LogP contribution in [0.2, 0.25) is 0 Å². The minimum atomic E-state index is 0.142. The molecule has 2 N–H and O–H groups in total. The van der Waals surface area contributed by atoms with Crippen molar-refractivity contribution >= 4 is 5.91 Å². The van der Waals surface area contributed by atoms with Gasteiger partial charge in [0.15, 0.2) is 11.5 Å². The van der Waals surface area contributed by atoms with Crippen molar-refractivity contribution in [3.05, 3.63) is 17.7 Å². The standard InChI is InChI=1S/C17H25N3O4/c1-22-13-8-11(9-14(23-2)17(13)24-3)12-10-20(7-6-18-12)15-4-5-16(21)19-15/h8-9,12,15,18H,4-7,10H2,1-3H3,(H,19,21). The summed E-state index contributed by atoms with van der Waals surface area (Å²) in [6.07, 6.45) is 1.63. The molecule has 0 radical (unpaired) electrons. The van der Waals surface area contributed by atoms with E-state index in [2.05, 4.69) is 15.5 Å². The molecule has 0 bridgehead atoms. The normalized spacial score (nSPS) is 24.5. The van der Waals surface area contributed by atoms with Gasteiger partial charge in [0.2, 0.25) is 11.7 Å². The number of nitrogens with one attached hydrogen (secondary N) is 2. The highest BCUT2D eigenvalue weighted by molar-refractivity contribution is 5.78. The summed E-state index contributed by atoms with van der Waals surface area (Å²) in [6.45, 7) is 2.61. The second kappa shape index (κ2) is 7.27. The van der Waals surface area contributed by atoms with Crippen molar-refractivity contribution in [3.63, 3.8) is 0 Å².